The summed E-state index contributed by atoms with van der Waals surface area (Å²) in [5.41, 5.74) is 3.47. The van der Waals surface area contributed by atoms with Crippen molar-refractivity contribution in [2.24, 2.45) is 0 Å². The van der Waals surface area contributed by atoms with E-state index < -0.39 is 0 Å². The van der Waals surface area contributed by atoms with Gasteiger partial charge in [0, 0.05) is 17.4 Å². The molecule has 4 rings (SSSR count). The molecule has 0 unspecified atom stereocenters. The Balaban J connectivity index is 1.82. The van der Waals surface area contributed by atoms with Crippen LogP contribution in [0.4, 0.5) is 4.39 Å². The van der Waals surface area contributed by atoms with E-state index in [4.69, 9.17) is 9.47 Å². The molecule has 4 aromatic rings. The van der Waals surface area contributed by atoms with Crippen LogP contribution in [0.2, 0.25) is 0 Å². The van der Waals surface area contributed by atoms with Gasteiger partial charge in [0.2, 0.25) is 0 Å². The first-order chi connectivity index (χ1) is 15.1. The van der Waals surface area contributed by atoms with Crippen LogP contribution in [0.5, 0.6) is 11.5 Å². The highest BCUT2D eigenvalue weighted by atomic mass is 32.2. The zero-order valence-electron chi connectivity index (χ0n) is 17.5. The van der Waals surface area contributed by atoms with E-state index in [0.29, 0.717) is 33.8 Å². The number of hydrogen-bond donors (Lipinski definition) is 0. The quantitative estimate of drug-likeness (QED) is 0.349. The van der Waals surface area contributed by atoms with Crippen LogP contribution in [0.1, 0.15) is 11.1 Å². The number of halogens is 1. The number of nitrogens with zero attached hydrogens (tertiary/aromatic N) is 3. The average Bonchev–Trinajstić information content (AvgIpc) is 3.22. The molecule has 0 spiro atoms. The third-order valence-electron chi connectivity index (χ3n) is 4.91. The van der Waals surface area contributed by atoms with Crippen LogP contribution in [-0.4, -0.2) is 29.0 Å². The fourth-order valence-corrected chi connectivity index (χ4v) is 4.21. The Hall–Kier alpha value is -3.32. The van der Waals surface area contributed by atoms with Gasteiger partial charge in [-0.15, -0.1) is 10.2 Å². The molecular formula is C24H22FN3O2S. The highest BCUT2D eigenvalue weighted by Gasteiger charge is 2.19. The maximum absolute atomic E-state index is 14.1. The number of aromatic nitrogens is 3. The molecule has 0 saturated carbocycles. The van der Waals surface area contributed by atoms with Crippen molar-refractivity contribution in [2.45, 2.75) is 17.8 Å². The van der Waals surface area contributed by atoms with Crippen LogP contribution in [0.25, 0.3) is 17.1 Å². The maximum Gasteiger partial charge on any atom is 0.196 e. The summed E-state index contributed by atoms with van der Waals surface area (Å²) in [5.74, 6) is 2.19. The van der Waals surface area contributed by atoms with Gasteiger partial charge < -0.3 is 9.47 Å². The minimum absolute atomic E-state index is 0.227. The summed E-state index contributed by atoms with van der Waals surface area (Å²) in [6.07, 6.45) is 0. The second-order valence-electron chi connectivity index (χ2n) is 6.91. The molecule has 1 aromatic heterocycles. The summed E-state index contributed by atoms with van der Waals surface area (Å²) in [4.78, 5) is 0. The van der Waals surface area contributed by atoms with Gasteiger partial charge in [0.1, 0.15) is 17.3 Å². The number of hydrogen-bond acceptors (Lipinski definition) is 5. The Morgan fingerprint density at radius 1 is 0.903 bits per heavy atom. The van der Waals surface area contributed by atoms with Crippen molar-refractivity contribution in [2.75, 3.05) is 14.2 Å². The minimum Gasteiger partial charge on any atom is -0.497 e. The average molecular weight is 436 g/mol. The lowest BCUT2D eigenvalue weighted by atomic mass is 10.1. The molecule has 31 heavy (non-hydrogen) atoms. The van der Waals surface area contributed by atoms with E-state index in [2.05, 4.69) is 10.2 Å². The Kier molecular flexibility index (Phi) is 6.23. The Bertz CT molecular complexity index is 1190. The molecule has 158 valence electrons. The summed E-state index contributed by atoms with van der Waals surface area (Å²) >= 11 is 1.44. The molecule has 0 saturated heterocycles. The Morgan fingerprint density at radius 3 is 2.26 bits per heavy atom. The normalized spacial score (nSPS) is 10.8. The smallest absolute Gasteiger partial charge is 0.196 e. The first-order valence-corrected chi connectivity index (χ1v) is 10.7. The Labute approximate surface area is 184 Å². The van der Waals surface area contributed by atoms with Gasteiger partial charge in [-0.05, 0) is 42.3 Å². The summed E-state index contributed by atoms with van der Waals surface area (Å²) in [6, 6.07) is 20.4. The number of thioether (sulfide) groups is 1. The fraction of sp³-hybridized carbons (Fsp3) is 0.167. The lowest BCUT2D eigenvalue weighted by Crippen LogP contribution is -2.02. The van der Waals surface area contributed by atoms with Crippen LogP contribution in [0.15, 0.2) is 71.9 Å². The topological polar surface area (TPSA) is 49.2 Å². The van der Waals surface area contributed by atoms with Gasteiger partial charge in [0.05, 0.1) is 19.9 Å². The van der Waals surface area contributed by atoms with E-state index in [-0.39, 0.29) is 5.82 Å². The molecule has 5 nitrogen and oxygen atoms in total. The lowest BCUT2D eigenvalue weighted by molar-refractivity contribution is 0.394. The SMILES string of the molecule is COc1cc(OC)cc(-c2nnc(SCc3ccccc3F)n2-c2ccccc2C)c1. The van der Waals surface area contributed by atoms with E-state index in [9.17, 15) is 4.39 Å². The van der Waals surface area contributed by atoms with Gasteiger partial charge in [-0.25, -0.2) is 4.39 Å². The zero-order valence-corrected chi connectivity index (χ0v) is 18.3. The lowest BCUT2D eigenvalue weighted by Gasteiger charge is -2.14. The van der Waals surface area contributed by atoms with Crippen molar-refractivity contribution in [3.05, 3.63) is 83.7 Å². The molecule has 0 fully saturated rings. The number of rotatable bonds is 7. The highest BCUT2D eigenvalue weighted by molar-refractivity contribution is 7.98. The number of benzene rings is 3. The largest absolute Gasteiger partial charge is 0.497 e. The van der Waals surface area contributed by atoms with Gasteiger partial charge in [0.15, 0.2) is 11.0 Å². The van der Waals surface area contributed by atoms with E-state index in [1.54, 1.807) is 26.4 Å². The number of aryl methyl sites for hydroxylation is 1. The minimum atomic E-state index is -0.227. The molecule has 1 heterocycles. The van der Waals surface area contributed by atoms with Gasteiger partial charge in [-0.3, -0.25) is 4.57 Å². The summed E-state index contributed by atoms with van der Waals surface area (Å²) < 4.78 is 27.0. The van der Waals surface area contributed by atoms with Crippen molar-refractivity contribution < 1.29 is 13.9 Å². The second kappa shape index (κ2) is 9.22. The maximum atomic E-state index is 14.1. The molecule has 3 aromatic carbocycles. The third kappa shape index (κ3) is 4.41. The van der Waals surface area contributed by atoms with Crippen molar-refractivity contribution in [3.63, 3.8) is 0 Å². The van der Waals surface area contributed by atoms with Crippen molar-refractivity contribution in [1.82, 2.24) is 14.8 Å². The van der Waals surface area contributed by atoms with Crippen LogP contribution in [0.3, 0.4) is 0 Å². The monoisotopic (exact) mass is 435 g/mol. The second-order valence-corrected chi connectivity index (χ2v) is 7.85. The molecule has 7 heteroatoms. The first kappa shape index (κ1) is 20.9. The molecule has 0 aliphatic carbocycles. The predicted molar refractivity (Wildman–Crippen MR) is 121 cm³/mol. The summed E-state index contributed by atoms with van der Waals surface area (Å²) in [7, 11) is 3.22. The van der Waals surface area contributed by atoms with E-state index in [1.165, 1.54) is 17.8 Å². The molecule has 0 N–H and O–H groups in total. The van der Waals surface area contributed by atoms with Gasteiger partial charge in [-0.1, -0.05) is 48.2 Å². The third-order valence-corrected chi connectivity index (χ3v) is 5.89. The zero-order chi connectivity index (χ0) is 21.8. The van der Waals surface area contributed by atoms with Crippen molar-refractivity contribution in [3.8, 4) is 28.6 Å². The predicted octanol–water partition coefficient (Wildman–Crippen LogP) is 5.69. The standard InChI is InChI=1S/C24H22FN3O2S/c1-16-8-4-7-11-22(16)28-23(18-12-19(29-2)14-20(13-18)30-3)26-27-24(28)31-15-17-9-5-6-10-21(17)25/h4-14H,15H2,1-3H3. The van der Waals surface area contributed by atoms with E-state index >= 15 is 0 Å². The molecule has 0 atom stereocenters. The van der Waals surface area contributed by atoms with Crippen LogP contribution in [0, 0.1) is 12.7 Å². The molecule has 0 aliphatic heterocycles. The molecule has 0 amide bonds. The van der Waals surface area contributed by atoms with Crippen LogP contribution >= 0.6 is 11.8 Å². The van der Waals surface area contributed by atoms with Gasteiger partial charge in [0.25, 0.3) is 0 Å². The number of methoxy groups -OCH3 is 2. The Morgan fingerprint density at radius 2 is 1.58 bits per heavy atom. The molecular weight excluding hydrogens is 413 g/mol. The van der Waals surface area contributed by atoms with Crippen LogP contribution in [-0.2, 0) is 5.75 Å². The number of ether oxygens (including phenoxy) is 2. The first-order valence-electron chi connectivity index (χ1n) is 9.71. The molecule has 0 bridgehead atoms. The molecule has 0 aliphatic rings. The fourth-order valence-electron chi connectivity index (χ4n) is 3.28. The van der Waals surface area contributed by atoms with Crippen molar-refractivity contribution in [1.29, 1.82) is 0 Å². The highest BCUT2D eigenvalue weighted by Crippen LogP contribution is 2.34. The van der Waals surface area contributed by atoms with Crippen LogP contribution < -0.4 is 9.47 Å². The number of para-hydroxylation sites is 1. The molecule has 0 radical (unpaired) electrons. The van der Waals surface area contributed by atoms with Gasteiger partial charge in [-0.2, -0.15) is 0 Å². The van der Waals surface area contributed by atoms with E-state index in [0.717, 1.165) is 16.8 Å². The van der Waals surface area contributed by atoms with E-state index in [1.807, 2.05) is 60.0 Å². The van der Waals surface area contributed by atoms with Gasteiger partial charge >= 0.3 is 0 Å². The summed E-state index contributed by atoms with van der Waals surface area (Å²) in [5, 5.41) is 9.59. The van der Waals surface area contributed by atoms with Crippen molar-refractivity contribution >= 4 is 11.8 Å². The summed E-state index contributed by atoms with van der Waals surface area (Å²) in [6.45, 7) is 2.04.